The van der Waals surface area contributed by atoms with Crippen molar-refractivity contribution in [2.24, 2.45) is 17.8 Å². The van der Waals surface area contributed by atoms with Gasteiger partial charge in [-0.05, 0) is 25.2 Å². The summed E-state index contributed by atoms with van der Waals surface area (Å²) >= 11 is 0. The van der Waals surface area contributed by atoms with Crippen molar-refractivity contribution >= 4 is 11.9 Å². The normalized spacial score (nSPS) is 29.4. The highest BCUT2D eigenvalue weighted by Gasteiger charge is 2.38. The van der Waals surface area contributed by atoms with Crippen LogP contribution in [0.5, 0.6) is 0 Å². The van der Waals surface area contributed by atoms with Gasteiger partial charge in [0.15, 0.2) is 0 Å². The summed E-state index contributed by atoms with van der Waals surface area (Å²) in [6.45, 7) is 5.64. The van der Waals surface area contributed by atoms with Crippen LogP contribution < -0.4 is 0 Å². The summed E-state index contributed by atoms with van der Waals surface area (Å²) in [5.74, 6) is -2.00. The van der Waals surface area contributed by atoms with Crippen molar-refractivity contribution in [3.8, 4) is 0 Å². The van der Waals surface area contributed by atoms with Crippen LogP contribution in [-0.4, -0.2) is 23.7 Å². The SMILES string of the molecule is C=CCOC(=O)C1CC(C)CCC1C(=O)O. The van der Waals surface area contributed by atoms with Gasteiger partial charge in [-0.25, -0.2) is 0 Å². The molecule has 16 heavy (non-hydrogen) atoms. The number of carbonyl (C=O) groups is 2. The number of ether oxygens (including phenoxy) is 1. The molecule has 4 heteroatoms. The zero-order chi connectivity index (χ0) is 12.1. The molecule has 0 aliphatic heterocycles. The Kier molecular flexibility index (Phi) is 4.52. The average molecular weight is 226 g/mol. The predicted molar refractivity (Wildman–Crippen MR) is 58.8 cm³/mol. The van der Waals surface area contributed by atoms with Crippen LogP contribution in [0, 0.1) is 17.8 Å². The van der Waals surface area contributed by atoms with Crippen LogP contribution in [0.2, 0.25) is 0 Å². The molecular weight excluding hydrogens is 208 g/mol. The van der Waals surface area contributed by atoms with Gasteiger partial charge in [-0.15, -0.1) is 0 Å². The standard InChI is InChI=1S/C12H18O4/c1-3-6-16-12(15)10-7-8(2)4-5-9(10)11(13)14/h3,8-10H,1,4-7H2,2H3,(H,13,14). The van der Waals surface area contributed by atoms with Crippen LogP contribution in [0.4, 0.5) is 0 Å². The van der Waals surface area contributed by atoms with Gasteiger partial charge >= 0.3 is 11.9 Å². The molecular formula is C12H18O4. The largest absolute Gasteiger partial charge is 0.481 e. The summed E-state index contributed by atoms with van der Waals surface area (Å²) in [4.78, 5) is 22.7. The highest BCUT2D eigenvalue weighted by atomic mass is 16.5. The Bertz CT molecular complexity index is 285. The van der Waals surface area contributed by atoms with E-state index in [1.165, 1.54) is 6.08 Å². The zero-order valence-electron chi connectivity index (χ0n) is 9.52. The molecule has 90 valence electrons. The van der Waals surface area contributed by atoms with Gasteiger partial charge in [0.05, 0.1) is 11.8 Å². The van der Waals surface area contributed by atoms with E-state index in [2.05, 4.69) is 6.58 Å². The molecule has 0 spiro atoms. The van der Waals surface area contributed by atoms with Gasteiger partial charge in [-0.3, -0.25) is 9.59 Å². The van der Waals surface area contributed by atoms with Crippen LogP contribution in [-0.2, 0) is 14.3 Å². The van der Waals surface area contributed by atoms with Crippen molar-refractivity contribution in [2.75, 3.05) is 6.61 Å². The Balaban J connectivity index is 2.66. The first-order valence-corrected chi connectivity index (χ1v) is 5.56. The van der Waals surface area contributed by atoms with Crippen LogP contribution in [0.15, 0.2) is 12.7 Å². The van der Waals surface area contributed by atoms with Crippen LogP contribution in [0.1, 0.15) is 26.2 Å². The number of carbonyl (C=O) groups excluding carboxylic acids is 1. The third-order valence-corrected chi connectivity index (χ3v) is 3.08. The van der Waals surface area contributed by atoms with Crippen molar-refractivity contribution in [2.45, 2.75) is 26.2 Å². The maximum absolute atomic E-state index is 11.7. The van der Waals surface area contributed by atoms with Gasteiger partial charge in [0.25, 0.3) is 0 Å². The highest BCUT2D eigenvalue weighted by Crippen LogP contribution is 2.34. The molecule has 0 heterocycles. The first-order valence-electron chi connectivity index (χ1n) is 5.56. The fourth-order valence-corrected chi connectivity index (χ4v) is 2.19. The minimum atomic E-state index is -0.896. The maximum atomic E-state index is 11.7. The molecule has 0 aromatic carbocycles. The van der Waals surface area contributed by atoms with E-state index in [9.17, 15) is 9.59 Å². The summed E-state index contributed by atoms with van der Waals surface area (Å²) in [5.41, 5.74) is 0. The van der Waals surface area contributed by atoms with Crippen molar-refractivity contribution in [1.29, 1.82) is 0 Å². The van der Waals surface area contributed by atoms with Crippen LogP contribution >= 0.6 is 0 Å². The molecule has 1 saturated carbocycles. The Hall–Kier alpha value is -1.32. The van der Waals surface area contributed by atoms with Gasteiger partial charge in [0, 0.05) is 0 Å². The van der Waals surface area contributed by atoms with Gasteiger partial charge in [0.1, 0.15) is 6.61 Å². The second kappa shape index (κ2) is 5.68. The summed E-state index contributed by atoms with van der Waals surface area (Å²) < 4.78 is 4.94. The number of hydrogen-bond acceptors (Lipinski definition) is 3. The van der Waals surface area contributed by atoms with Gasteiger partial charge in [-0.2, -0.15) is 0 Å². The van der Waals surface area contributed by atoms with E-state index in [-0.39, 0.29) is 6.61 Å². The number of aliphatic carboxylic acids is 1. The van der Waals surface area contributed by atoms with E-state index in [0.29, 0.717) is 18.8 Å². The van der Waals surface area contributed by atoms with E-state index in [1.54, 1.807) is 0 Å². The van der Waals surface area contributed by atoms with Crippen molar-refractivity contribution in [3.63, 3.8) is 0 Å². The molecule has 1 aliphatic carbocycles. The maximum Gasteiger partial charge on any atom is 0.310 e. The van der Waals surface area contributed by atoms with Gasteiger partial charge in [-0.1, -0.05) is 19.6 Å². The molecule has 0 aromatic rings. The topological polar surface area (TPSA) is 63.6 Å². The molecule has 0 bridgehead atoms. The Morgan fingerprint density at radius 3 is 2.69 bits per heavy atom. The van der Waals surface area contributed by atoms with Crippen molar-refractivity contribution < 1.29 is 19.4 Å². The lowest BCUT2D eigenvalue weighted by atomic mass is 9.74. The first-order chi connectivity index (χ1) is 7.56. The van der Waals surface area contributed by atoms with Gasteiger partial charge in [0.2, 0.25) is 0 Å². The third-order valence-electron chi connectivity index (χ3n) is 3.08. The molecule has 3 atom stereocenters. The molecule has 0 aromatic heterocycles. The lowest BCUT2D eigenvalue weighted by Gasteiger charge is -2.30. The van der Waals surface area contributed by atoms with Crippen LogP contribution in [0.25, 0.3) is 0 Å². The Morgan fingerprint density at radius 2 is 2.12 bits per heavy atom. The number of hydrogen-bond donors (Lipinski definition) is 1. The average Bonchev–Trinajstić information content (AvgIpc) is 2.25. The van der Waals surface area contributed by atoms with E-state index >= 15 is 0 Å². The van der Waals surface area contributed by atoms with E-state index in [1.807, 2.05) is 6.92 Å². The highest BCUT2D eigenvalue weighted by molar-refractivity contribution is 5.81. The van der Waals surface area contributed by atoms with E-state index in [0.717, 1.165) is 6.42 Å². The quantitative estimate of drug-likeness (QED) is 0.587. The Morgan fingerprint density at radius 1 is 1.44 bits per heavy atom. The molecule has 1 aliphatic rings. The van der Waals surface area contributed by atoms with Crippen molar-refractivity contribution in [3.05, 3.63) is 12.7 Å². The number of esters is 1. The van der Waals surface area contributed by atoms with Crippen molar-refractivity contribution in [1.82, 2.24) is 0 Å². The monoisotopic (exact) mass is 226 g/mol. The molecule has 0 radical (unpaired) electrons. The third kappa shape index (κ3) is 3.08. The number of rotatable bonds is 4. The minimum absolute atomic E-state index is 0.149. The second-order valence-electron chi connectivity index (χ2n) is 4.39. The molecule has 0 amide bonds. The van der Waals surface area contributed by atoms with Gasteiger partial charge < -0.3 is 9.84 Å². The lowest BCUT2D eigenvalue weighted by molar-refractivity contribution is -0.159. The lowest BCUT2D eigenvalue weighted by Crippen LogP contribution is -2.36. The molecule has 1 N–H and O–H groups in total. The summed E-state index contributed by atoms with van der Waals surface area (Å²) in [7, 11) is 0. The second-order valence-corrected chi connectivity index (χ2v) is 4.39. The minimum Gasteiger partial charge on any atom is -0.481 e. The fraction of sp³-hybridized carbons (Fsp3) is 0.667. The summed E-state index contributed by atoms with van der Waals surface area (Å²) in [6.07, 6.45) is 3.51. The Labute approximate surface area is 95.3 Å². The zero-order valence-corrected chi connectivity index (χ0v) is 9.52. The molecule has 4 nitrogen and oxygen atoms in total. The molecule has 1 fully saturated rings. The molecule has 0 saturated heterocycles. The number of carboxylic acids is 1. The van der Waals surface area contributed by atoms with E-state index < -0.39 is 23.8 Å². The fourth-order valence-electron chi connectivity index (χ4n) is 2.19. The molecule has 3 unspecified atom stereocenters. The predicted octanol–water partition coefficient (Wildman–Crippen LogP) is 1.85. The van der Waals surface area contributed by atoms with E-state index in [4.69, 9.17) is 9.84 Å². The molecule has 1 rings (SSSR count). The summed E-state index contributed by atoms with van der Waals surface area (Å²) in [5, 5.41) is 9.04. The number of carboxylic acid groups (broad SMARTS) is 1. The first kappa shape index (κ1) is 12.7. The smallest absolute Gasteiger partial charge is 0.310 e. The summed E-state index contributed by atoms with van der Waals surface area (Å²) in [6, 6.07) is 0. The van der Waals surface area contributed by atoms with Crippen LogP contribution in [0.3, 0.4) is 0 Å².